The maximum atomic E-state index is 6.19. The number of benzene rings is 2. The topological polar surface area (TPSA) is 29.3 Å². The van der Waals surface area contributed by atoms with Crippen LogP contribution in [0.1, 0.15) is 22.6 Å². The Labute approximate surface area is 125 Å². The van der Waals surface area contributed by atoms with Crippen LogP contribution in [0.15, 0.2) is 42.5 Å². The van der Waals surface area contributed by atoms with Gasteiger partial charge in [-0.1, -0.05) is 41.9 Å². The van der Waals surface area contributed by atoms with E-state index < -0.39 is 0 Å². The monoisotopic (exact) mass is 286 g/mol. The first-order valence-electron chi connectivity index (χ1n) is 6.96. The normalized spacial score (nSPS) is 19.4. The molecule has 2 nitrogen and oxygen atoms in total. The fraction of sp³-hybridized carbons (Fsp3) is 0.294. The van der Waals surface area contributed by atoms with E-state index in [0.717, 1.165) is 19.5 Å². The zero-order chi connectivity index (χ0) is 14.1. The summed E-state index contributed by atoms with van der Waals surface area (Å²) < 4.78 is 0. The van der Waals surface area contributed by atoms with Crippen molar-refractivity contribution >= 4 is 17.3 Å². The minimum Gasteiger partial charge on any atom is -0.398 e. The Hall–Kier alpha value is -1.51. The Kier molecular flexibility index (Phi) is 3.68. The van der Waals surface area contributed by atoms with Gasteiger partial charge in [0.05, 0.1) is 10.7 Å². The van der Waals surface area contributed by atoms with Crippen LogP contribution in [0.5, 0.6) is 0 Å². The van der Waals surface area contributed by atoms with Gasteiger partial charge >= 0.3 is 0 Å². The van der Waals surface area contributed by atoms with Crippen LogP contribution in [0.25, 0.3) is 0 Å². The van der Waals surface area contributed by atoms with Crippen LogP contribution in [0, 0.1) is 0 Å². The maximum absolute atomic E-state index is 6.19. The van der Waals surface area contributed by atoms with Crippen LogP contribution in [0.2, 0.25) is 5.02 Å². The van der Waals surface area contributed by atoms with Crippen LogP contribution < -0.4 is 5.73 Å². The van der Waals surface area contributed by atoms with E-state index >= 15 is 0 Å². The first-order chi connectivity index (χ1) is 9.65. The Balaban J connectivity index is 2.12. The van der Waals surface area contributed by atoms with Gasteiger partial charge in [-0.2, -0.15) is 0 Å². The molecule has 0 saturated carbocycles. The number of likely N-dealkylation sites (N-methyl/N-ethyl adjacent to an activating group) is 1. The SMILES string of the molecule is CN1CCc2cc(Cl)c(N)cc2[C@@H](c2ccccc2)C1. The number of hydrogen-bond acceptors (Lipinski definition) is 2. The second-order valence-corrected chi connectivity index (χ2v) is 5.96. The van der Waals surface area contributed by atoms with E-state index in [-0.39, 0.29) is 0 Å². The first-order valence-corrected chi connectivity index (χ1v) is 7.34. The van der Waals surface area contributed by atoms with Gasteiger partial charge in [0, 0.05) is 19.0 Å². The molecular weight excluding hydrogens is 268 g/mol. The molecule has 0 unspecified atom stereocenters. The summed E-state index contributed by atoms with van der Waals surface area (Å²) in [6.45, 7) is 2.06. The maximum Gasteiger partial charge on any atom is 0.0638 e. The smallest absolute Gasteiger partial charge is 0.0638 e. The highest BCUT2D eigenvalue weighted by atomic mass is 35.5. The molecule has 0 aliphatic carbocycles. The molecule has 0 bridgehead atoms. The summed E-state index contributed by atoms with van der Waals surface area (Å²) in [5.74, 6) is 0.360. The minimum absolute atomic E-state index is 0.360. The second-order valence-electron chi connectivity index (χ2n) is 5.55. The Morgan fingerprint density at radius 3 is 2.70 bits per heavy atom. The molecule has 0 aromatic heterocycles. The molecule has 1 heterocycles. The molecule has 0 amide bonds. The van der Waals surface area contributed by atoms with Crippen molar-refractivity contribution in [2.45, 2.75) is 12.3 Å². The van der Waals surface area contributed by atoms with Gasteiger partial charge in [0.15, 0.2) is 0 Å². The third kappa shape index (κ3) is 2.54. The van der Waals surface area contributed by atoms with Crippen molar-refractivity contribution in [1.82, 2.24) is 4.90 Å². The second kappa shape index (κ2) is 5.47. The highest BCUT2D eigenvalue weighted by molar-refractivity contribution is 6.33. The fourth-order valence-corrected chi connectivity index (χ4v) is 3.16. The number of nitrogen functional groups attached to an aromatic ring is 1. The molecule has 1 aliphatic rings. The summed E-state index contributed by atoms with van der Waals surface area (Å²) in [7, 11) is 2.17. The molecule has 104 valence electrons. The number of nitrogens with two attached hydrogens (primary N) is 1. The zero-order valence-electron chi connectivity index (χ0n) is 11.6. The summed E-state index contributed by atoms with van der Waals surface area (Å²) in [5.41, 5.74) is 10.7. The molecule has 0 radical (unpaired) electrons. The van der Waals surface area contributed by atoms with Crippen molar-refractivity contribution in [3.63, 3.8) is 0 Å². The highest BCUT2D eigenvalue weighted by Gasteiger charge is 2.23. The van der Waals surface area contributed by atoms with Crippen molar-refractivity contribution in [3.05, 3.63) is 64.2 Å². The summed E-state index contributed by atoms with van der Waals surface area (Å²) in [6.07, 6.45) is 1.02. The summed E-state index contributed by atoms with van der Waals surface area (Å²) in [5, 5.41) is 0.667. The minimum atomic E-state index is 0.360. The van der Waals surface area contributed by atoms with E-state index in [1.165, 1.54) is 16.7 Å². The summed E-state index contributed by atoms with van der Waals surface area (Å²) >= 11 is 6.19. The molecule has 2 aromatic rings. The standard InChI is InChI=1S/C17H19ClN2/c1-20-8-7-13-9-16(18)17(19)10-14(13)15(11-20)12-5-3-2-4-6-12/h2-6,9-10,15H,7-8,11,19H2,1H3/t15-/m1/s1. The number of fused-ring (bicyclic) bond motifs is 1. The van der Waals surface area contributed by atoms with Gasteiger partial charge in [-0.15, -0.1) is 0 Å². The van der Waals surface area contributed by atoms with Crippen LogP contribution in [0.3, 0.4) is 0 Å². The predicted molar refractivity (Wildman–Crippen MR) is 85.4 cm³/mol. The largest absolute Gasteiger partial charge is 0.398 e. The van der Waals surface area contributed by atoms with Gasteiger partial charge in [-0.05, 0) is 42.3 Å². The van der Waals surface area contributed by atoms with Crippen LogP contribution in [-0.2, 0) is 6.42 Å². The van der Waals surface area contributed by atoms with E-state index in [4.69, 9.17) is 17.3 Å². The number of nitrogens with zero attached hydrogens (tertiary/aromatic N) is 1. The fourth-order valence-electron chi connectivity index (χ4n) is 2.97. The number of anilines is 1. The molecule has 1 aliphatic heterocycles. The Morgan fingerprint density at radius 2 is 1.95 bits per heavy atom. The summed E-state index contributed by atoms with van der Waals surface area (Å²) in [6, 6.07) is 14.7. The molecule has 0 fully saturated rings. The van der Waals surface area contributed by atoms with Crippen molar-refractivity contribution in [3.8, 4) is 0 Å². The van der Waals surface area contributed by atoms with E-state index in [2.05, 4.69) is 48.3 Å². The molecule has 20 heavy (non-hydrogen) atoms. The Morgan fingerprint density at radius 1 is 1.20 bits per heavy atom. The summed E-state index contributed by atoms with van der Waals surface area (Å²) in [4.78, 5) is 2.38. The number of hydrogen-bond donors (Lipinski definition) is 1. The molecular formula is C17H19ClN2. The quantitative estimate of drug-likeness (QED) is 0.813. The average Bonchev–Trinajstić information content (AvgIpc) is 2.61. The lowest BCUT2D eigenvalue weighted by Gasteiger charge is -2.22. The number of halogens is 1. The van der Waals surface area contributed by atoms with Crippen molar-refractivity contribution in [1.29, 1.82) is 0 Å². The van der Waals surface area contributed by atoms with Crippen LogP contribution >= 0.6 is 11.6 Å². The molecule has 2 N–H and O–H groups in total. The zero-order valence-corrected chi connectivity index (χ0v) is 12.4. The van der Waals surface area contributed by atoms with Crippen LogP contribution in [0.4, 0.5) is 5.69 Å². The third-order valence-corrected chi connectivity index (χ3v) is 4.42. The molecule has 0 saturated heterocycles. The lowest BCUT2D eigenvalue weighted by molar-refractivity contribution is 0.338. The predicted octanol–water partition coefficient (Wildman–Crippen LogP) is 3.54. The number of rotatable bonds is 1. The van der Waals surface area contributed by atoms with E-state index in [1.54, 1.807) is 0 Å². The first kappa shape index (κ1) is 13.5. The van der Waals surface area contributed by atoms with Gasteiger partial charge in [-0.3, -0.25) is 0 Å². The van der Waals surface area contributed by atoms with E-state index in [0.29, 0.717) is 16.6 Å². The van der Waals surface area contributed by atoms with Gasteiger partial charge < -0.3 is 10.6 Å². The molecule has 2 aromatic carbocycles. The highest BCUT2D eigenvalue weighted by Crippen LogP contribution is 2.35. The van der Waals surface area contributed by atoms with Crippen LogP contribution in [-0.4, -0.2) is 25.0 Å². The average molecular weight is 287 g/mol. The van der Waals surface area contributed by atoms with E-state index in [1.807, 2.05) is 6.07 Å². The lowest BCUT2D eigenvalue weighted by Crippen LogP contribution is -2.24. The van der Waals surface area contributed by atoms with Gasteiger partial charge in [0.25, 0.3) is 0 Å². The lowest BCUT2D eigenvalue weighted by atomic mass is 9.88. The molecule has 3 rings (SSSR count). The van der Waals surface area contributed by atoms with Gasteiger partial charge in [-0.25, -0.2) is 0 Å². The van der Waals surface area contributed by atoms with Crippen molar-refractivity contribution in [2.24, 2.45) is 0 Å². The molecule has 1 atom stereocenters. The van der Waals surface area contributed by atoms with E-state index in [9.17, 15) is 0 Å². The van der Waals surface area contributed by atoms with Crippen molar-refractivity contribution in [2.75, 3.05) is 25.9 Å². The Bertz CT molecular complexity index is 610. The molecule has 3 heteroatoms. The molecule has 0 spiro atoms. The van der Waals surface area contributed by atoms with Crippen molar-refractivity contribution < 1.29 is 0 Å². The third-order valence-electron chi connectivity index (χ3n) is 4.09. The van der Waals surface area contributed by atoms with Gasteiger partial charge in [0.2, 0.25) is 0 Å². The van der Waals surface area contributed by atoms with Gasteiger partial charge in [0.1, 0.15) is 0 Å².